The number of benzene rings is 1. The van der Waals surface area contributed by atoms with Gasteiger partial charge in [0.1, 0.15) is 0 Å². The van der Waals surface area contributed by atoms with Crippen LogP contribution in [0.25, 0.3) is 0 Å². The Kier molecular flexibility index (Phi) is 5.64. The van der Waals surface area contributed by atoms with Crippen molar-refractivity contribution in [2.24, 2.45) is 0 Å². The molecule has 5 nitrogen and oxygen atoms in total. The van der Waals surface area contributed by atoms with Crippen molar-refractivity contribution in [2.45, 2.75) is 52.2 Å². The van der Waals surface area contributed by atoms with Crippen LogP contribution in [0.5, 0.6) is 5.75 Å². The summed E-state index contributed by atoms with van der Waals surface area (Å²) < 4.78 is 55.5. The summed E-state index contributed by atoms with van der Waals surface area (Å²) in [5, 5.41) is 0. The average Bonchev–Trinajstić information content (AvgIpc) is 2.81. The molecule has 0 aromatic heterocycles. The molecule has 0 amide bonds. The Morgan fingerprint density at radius 3 is 2.11 bits per heavy atom. The maximum Gasteiger partial charge on any atom is 0.573 e. The highest BCUT2D eigenvalue weighted by Crippen LogP contribution is 2.38. The molecule has 0 aliphatic carbocycles. The summed E-state index contributed by atoms with van der Waals surface area (Å²) >= 11 is 0. The molecule has 1 aromatic rings. The van der Waals surface area contributed by atoms with E-state index in [4.69, 9.17) is 9.31 Å². The van der Waals surface area contributed by atoms with Crippen molar-refractivity contribution in [3.05, 3.63) is 18.2 Å². The van der Waals surface area contributed by atoms with E-state index in [2.05, 4.69) is 16.6 Å². The molecule has 0 N–H and O–H groups in total. The zero-order valence-electron chi connectivity index (χ0n) is 17.1. The van der Waals surface area contributed by atoms with Crippen LogP contribution in [0.15, 0.2) is 18.2 Å². The summed E-state index contributed by atoms with van der Waals surface area (Å²) in [5.74, 6) is -0.218. The SMILES string of the molecule is CCN1CCN(c2ccc(B3OC(C)(C)C(C)(C)O3)cc2OC(F)(F)F)CC1. The van der Waals surface area contributed by atoms with Crippen molar-refractivity contribution < 1.29 is 27.2 Å². The van der Waals surface area contributed by atoms with Gasteiger partial charge in [-0.15, -0.1) is 13.2 Å². The summed E-state index contributed by atoms with van der Waals surface area (Å²) in [6.07, 6.45) is -4.77. The Hall–Kier alpha value is -1.45. The molecular weight excluding hydrogens is 372 g/mol. The number of ether oxygens (including phenoxy) is 1. The van der Waals surface area contributed by atoms with Crippen LogP contribution in [-0.2, 0) is 9.31 Å². The lowest BCUT2D eigenvalue weighted by atomic mass is 9.79. The van der Waals surface area contributed by atoms with E-state index in [1.165, 1.54) is 6.07 Å². The molecule has 28 heavy (non-hydrogen) atoms. The first kappa shape index (κ1) is 21.3. The van der Waals surface area contributed by atoms with Gasteiger partial charge in [-0.2, -0.15) is 0 Å². The first-order chi connectivity index (χ1) is 12.9. The topological polar surface area (TPSA) is 34.2 Å². The molecule has 156 valence electrons. The van der Waals surface area contributed by atoms with Gasteiger partial charge in [0, 0.05) is 26.2 Å². The normalized spacial score (nSPS) is 22.6. The quantitative estimate of drug-likeness (QED) is 0.726. The van der Waals surface area contributed by atoms with E-state index in [0.29, 0.717) is 24.2 Å². The number of likely N-dealkylation sites (N-methyl/N-ethyl adjacent to an activating group) is 1. The number of hydrogen-bond acceptors (Lipinski definition) is 5. The zero-order valence-corrected chi connectivity index (χ0v) is 17.1. The number of rotatable bonds is 4. The molecule has 2 saturated heterocycles. The number of nitrogens with zero attached hydrogens (tertiary/aromatic N) is 2. The molecule has 0 spiro atoms. The third-order valence-corrected chi connectivity index (χ3v) is 5.90. The maximum atomic E-state index is 13.0. The summed E-state index contributed by atoms with van der Waals surface area (Å²) in [7, 11) is -0.744. The van der Waals surface area contributed by atoms with Crippen LogP contribution in [0.2, 0.25) is 0 Å². The van der Waals surface area contributed by atoms with Gasteiger partial charge in [-0.3, -0.25) is 0 Å². The van der Waals surface area contributed by atoms with E-state index in [1.807, 2.05) is 32.6 Å². The molecule has 0 saturated carbocycles. The second-order valence-corrected chi connectivity index (χ2v) is 8.28. The first-order valence-corrected chi connectivity index (χ1v) is 9.64. The van der Waals surface area contributed by atoms with Gasteiger partial charge in [-0.05, 0) is 51.8 Å². The van der Waals surface area contributed by atoms with Gasteiger partial charge >= 0.3 is 13.5 Å². The highest BCUT2D eigenvalue weighted by atomic mass is 19.4. The van der Waals surface area contributed by atoms with Crippen LogP contribution in [0.4, 0.5) is 18.9 Å². The van der Waals surface area contributed by atoms with Crippen molar-refractivity contribution in [2.75, 3.05) is 37.6 Å². The standard InChI is InChI=1S/C19H28BF3N2O3/c1-6-24-9-11-25(12-10-24)15-8-7-14(13-16(15)26-19(21,22)23)20-27-17(2,3)18(4,5)28-20/h7-8,13H,6,9-12H2,1-5H3. The summed E-state index contributed by atoms with van der Waals surface area (Å²) in [6, 6.07) is 4.81. The Bertz CT molecular complexity index is 688. The predicted molar refractivity (Wildman–Crippen MR) is 103 cm³/mol. The Labute approximate surface area is 164 Å². The lowest BCUT2D eigenvalue weighted by Gasteiger charge is -2.36. The fourth-order valence-corrected chi connectivity index (χ4v) is 3.43. The van der Waals surface area contributed by atoms with E-state index in [1.54, 1.807) is 12.1 Å². The number of piperazine rings is 1. The van der Waals surface area contributed by atoms with Gasteiger partial charge in [-0.25, -0.2) is 0 Å². The van der Waals surface area contributed by atoms with Crippen molar-refractivity contribution in [3.8, 4) is 5.75 Å². The minimum atomic E-state index is -4.77. The summed E-state index contributed by atoms with van der Waals surface area (Å²) in [5.41, 5.74) is -0.197. The molecule has 2 aliphatic rings. The molecular formula is C19H28BF3N2O3. The number of hydrogen-bond donors (Lipinski definition) is 0. The minimum Gasteiger partial charge on any atom is -0.404 e. The lowest BCUT2D eigenvalue weighted by molar-refractivity contribution is -0.274. The second kappa shape index (κ2) is 7.42. The molecule has 3 rings (SSSR count). The van der Waals surface area contributed by atoms with E-state index in [0.717, 1.165) is 19.6 Å². The molecule has 0 unspecified atom stereocenters. The maximum absolute atomic E-state index is 13.0. The van der Waals surface area contributed by atoms with Crippen molar-refractivity contribution >= 4 is 18.3 Å². The van der Waals surface area contributed by atoms with Gasteiger partial charge in [0.2, 0.25) is 0 Å². The van der Waals surface area contributed by atoms with Crippen LogP contribution < -0.4 is 15.1 Å². The monoisotopic (exact) mass is 400 g/mol. The van der Waals surface area contributed by atoms with Gasteiger partial charge in [0.25, 0.3) is 0 Å². The van der Waals surface area contributed by atoms with Gasteiger partial charge in [0.05, 0.1) is 16.9 Å². The fourth-order valence-electron chi connectivity index (χ4n) is 3.43. The molecule has 1 aromatic carbocycles. The van der Waals surface area contributed by atoms with Crippen molar-refractivity contribution in [3.63, 3.8) is 0 Å². The van der Waals surface area contributed by atoms with Gasteiger partial charge in [0.15, 0.2) is 5.75 Å². The Balaban J connectivity index is 1.88. The van der Waals surface area contributed by atoms with Crippen LogP contribution in [0, 0.1) is 0 Å². The number of alkyl halides is 3. The lowest BCUT2D eigenvalue weighted by Crippen LogP contribution is -2.46. The highest BCUT2D eigenvalue weighted by Gasteiger charge is 2.52. The largest absolute Gasteiger partial charge is 0.573 e. The van der Waals surface area contributed by atoms with Crippen LogP contribution in [0.3, 0.4) is 0 Å². The van der Waals surface area contributed by atoms with E-state index in [9.17, 15) is 13.2 Å². The Morgan fingerprint density at radius 2 is 1.61 bits per heavy atom. The summed E-state index contributed by atoms with van der Waals surface area (Å²) in [4.78, 5) is 4.20. The van der Waals surface area contributed by atoms with Gasteiger partial charge in [-0.1, -0.05) is 13.0 Å². The fraction of sp³-hybridized carbons (Fsp3) is 0.684. The van der Waals surface area contributed by atoms with E-state index >= 15 is 0 Å². The third kappa shape index (κ3) is 4.41. The molecule has 2 aliphatic heterocycles. The molecule has 9 heteroatoms. The molecule has 2 heterocycles. The molecule has 0 radical (unpaired) electrons. The van der Waals surface area contributed by atoms with Crippen LogP contribution in [-0.4, -0.2) is 62.3 Å². The molecule has 0 bridgehead atoms. The number of halogens is 3. The number of anilines is 1. The van der Waals surface area contributed by atoms with Gasteiger partial charge < -0.3 is 23.8 Å². The van der Waals surface area contributed by atoms with E-state index < -0.39 is 24.7 Å². The third-order valence-electron chi connectivity index (χ3n) is 5.90. The van der Waals surface area contributed by atoms with Crippen molar-refractivity contribution in [1.82, 2.24) is 4.90 Å². The van der Waals surface area contributed by atoms with Crippen molar-refractivity contribution in [1.29, 1.82) is 0 Å². The summed E-state index contributed by atoms with van der Waals surface area (Å²) in [6.45, 7) is 13.5. The molecule has 2 fully saturated rings. The Morgan fingerprint density at radius 1 is 1.04 bits per heavy atom. The van der Waals surface area contributed by atoms with Crippen LogP contribution in [0.1, 0.15) is 34.6 Å². The van der Waals surface area contributed by atoms with E-state index in [-0.39, 0.29) is 5.75 Å². The highest BCUT2D eigenvalue weighted by molar-refractivity contribution is 6.62. The smallest absolute Gasteiger partial charge is 0.404 e. The first-order valence-electron chi connectivity index (χ1n) is 9.64. The molecule has 0 atom stereocenters. The zero-order chi connectivity index (χ0) is 20.7. The average molecular weight is 400 g/mol. The predicted octanol–water partition coefficient (Wildman–Crippen LogP) is 3.03. The second-order valence-electron chi connectivity index (χ2n) is 8.28. The minimum absolute atomic E-state index is 0.218. The van der Waals surface area contributed by atoms with Crippen LogP contribution >= 0.6 is 0 Å².